The van der Waals surface area contributed by atoms with E-state index >= 15 is 0 Å². The number of hydrogen-bond acceptors (Lipinski definition) is 4. The second-order valence-corrected chi connectivity index (χ2v) is 6.03. The molecule has 0 radical (unpaired) electrons. The highest BCUT2D eigenvalue weighted by atomic mass is 16.7. The van der Waals surface area contributed by atoms with Gasteiger partial charge in [0.05, 0.1) is 19.3 Å². The van der Waals surface area contributed by atoms with Crippen molar-refractivity contribution in [1.82, 2.24) is 0 Å². The van der Waals surface area contributed by atoms with Gasteiger partial charge < -0.3 is 19.3 Å². The Kier molecular flexibility index (Phi) is 6.09. The van der Waals surface area contributed by atoms with Crippen LogP contribution in [0.4, 0.5) is 0 Å². The maximum atomic E-state index is 9.78. The van der Waals surface area contributed by atoms with E-state index in [1.807, 2.05) is 12.1 Å². The van der Waals surface area contributed by atoms with Gasteiger partial charge in [0.1, 0.15) is 0 Å². The molecule has 1 heterocycles. The molecule has 4 heteroatoms. The van der Waals surface area contributed by atoms with Crippen LogP contribution in [0.15, 0.2) is 18.2 Å². The minimum Gasteiger partial charge on any atom is -0.504 e. The summed E-state index contributed by atoms with van der Waals surface area (Å²) < 4.78 is 17.5. The largest absolute Gasteiger partial charge is 0.504 e. The van der Waals surface area contributed by atoms with Crippen molar-refractivity contribution >= 4 is 0 Å². The zero-order valence-electron chi connectivity index (χ0n) is 14.0. The van der Waals surface area contributed by atoms with Gasteiger partial charge in [0.2, 0.25) is 0 Å². The van der Waals surface area contributed by atoms with Crippen molar-refractivity contribution in [2.45, 2.75) is 65.0 Å². The maximum Gasteiger partial charge on any atom is 0.160 e. The minimum atomic E-state index is -0.150. The first-order valence-corrected chi connectivity index (χ1v) is 8.28. The maximum absolute atomic E-state index is 9.78. The number of hydrogen-bond donors (Lipinski definition) is 1. The van der Waals surface area contributed by atoms with Crippen LogP contribution in [0.5, 0.6) is 11.5 Å². The van der Waals surface area contributed by atoms with E-state index in [0.29, 0.717) is 5.75 Å². The summed E-state index contributed by atoms with van der Waals surface area (Å²) in [7, 11) is 1.56. The lowest BCUT2D eigenvalue weighted by atomic mass is 9.88. The molecule has 0 amide bonds. The van der Waals surface area contributed by atoms with Gasteiger partial charge in [0.25, 0.3) is 0 Å². The minimum absolute atomic E-state index is 0.0312. The normalized spacial score (nSPS) is 28.5. The van der Waals surface area contributed by atoms with Gasteiger partial charge in [-0.15, -0.1) is 0 Å². The Labute approximate surface area is 133 Å². The molecule has 22 heavy (non-hydrogen) atoms. The van der Waals surface area contributed by atoms with Crippen LogP contribution in [0.3, 0.4) is 0 Å². The molecule has 4 nitrogen and oxygen atoms in total. The van der Waals surface area contributed by atoms with Gasteiger partial charge in [-0.2, -0.15) is 0 Å². The van der Waals surface area contributed by atoms with E-state index < -0.39 is 0 Å². The van der Waals surface area contributed by atoms with Crippen molar-refractivity contribution in [1.29, 1.82) is 0 Å². The van der Waals surface area contributed by atoms with E-state index in [0.717, 1.165) is 31.2 Å². The number of aromatic hydroxyl groups is 1. The summed E-state index contributed by atoms with van der Waals surface area (Å²) in [5.41, 5.74) is 1.03. The van der Waals surface area contributed by atoms with Gasteiger partial charge in [0.15, 0.2) is 17.8 Å². The predicted octanol–water partition coefficient (Wildman–Crippen LogP) is 4.42. The highest BCUT2D eigenvalue weighted by Gasteiger charge is 2.37. The molecule has 2 rings (SSSR count). The number of phenols is 1. The molecule has 1 aromatic rings. The third-order valence-electron chi connectivity index (χ3n) is 4.32. The Morgan fingerprint density at radius 1 is 1.14 bits per heavy atom. The molecule has 0 aliphatic carbocycles. The lowest BCUT2D eigenvalue weighted by molar-refractivity contribution is -0.271. The van der Waals surface area contributed by atoms with Crippen molar-refractivity contribution in [3.63, 3.8) is 0 Å². The van der Waals surface area contributed by atoms with Crippen molar-refractivity contribution < 1.29 is 19.3 Å². The molecule has 0 spiro atoms. The summed E-state index contributed by atoms with van der Waals surface area (Å²) >= 11 is 0. The molecule has 124 valence electrons. The molecule has 1 fully saturated rings. The number of benzene rings is 1. The second-order valence-electron chi connectivity index (χ2n) is 6.03. The highest BCUT2D eigenvalue weighted by Crippen LogP contribution is 2.40. The molecule has 1 aliphatic rings. The van der Waals surface area contributed by atoms with E-state index in [2.05, 4.69) is 20.8 Å². The Morgan fingerprint density at radius 2 is 1.86 bits per heavy atom. The van der Waals surface area contributed by atoms with Crippen molar-refractivity contribution in [2.75, 3.05) is 7.11 Å². The first-order valence-electron chi connectivity index (χ1n) is 8.28. The van der Waals surface area contributed by atoms with E-state index in [1.165, 1.54) is 0 Å². The van der Waals surface area contributed by atoms with Crippen LogP contribution in [-0.2, 0) is 9.47 Å². The fourth-order valence-electron chi connectivity index (χ4n) is 3.07. The number of ether oxygens (including phenoxy) is 3. The first-order chi connectivity index (χ1) is 10.6. The zero-order valence-corrected chi connectivity index (χ0v) is 14.0. The molecule has 4 atom stereocenters. The molecular formula is C18H28O4. The molecule has 0 unspecified atom stereocenters. The number of methoxy groups -OCH3 is 1. The third-order valence-corrected chi connectivity index (χ3v) is 4.32. The van der Waals surface area contributed by atoms with Gasteiger partial charge in [0, 0.05) is 5.92 Å². The van der Waals surface area contributed by atoms with Crippen LogP contribution in [0.2, 0.25) is 0 Å². The standard InChI is InChI=1S/C18H28O4/c1-5-7-15-12(3)18(22-17(21-15)8-6-2)13-9-10-14(19)16(11-13)20-4/h9-12,15,17-19H,5-8H2,1-4H3/t12-,15+,17+,18+/m0/s1. The molecular weight excluding hydrogens is 280 g/mol. The lowest BCUT2D eigenvalue weighted by Gasteiger charge is -2.41. The topological polar surface area (TPSA) is 47.9 Å². The van der Waals surface area contributed by atoms with Gasteiger partial charge >= 0.3 is 0 Å². The molecule has 0 aromatic heterocycles. The smallest absolute Gasteiger partial charge is 0.160 e. The van der Waals surface area contributed by atoms with E-state index in [-0.39, 0.29) is 30.2 Å². The SMILES string of the molecule is CCC[C@@H]1O[C@H](CCC)[C@H](C)[C@H](c2ccc(O)c(OC)c2)O1. The second kappa shape index (κ2) is 7.84. The molecule has 0 saturated carbocycles. The van der Waals surface area contributed by atoms with Crippen LogP contribution in [0.1, 0.15) is 58.1 Å². The fourth-order valence-corrected chi connectivity index (χ4v) is 3.07. The van der Waals surface area contributed by atoms with E-state index in [1.54, 1.807) is 13.2 Å². The summed E-state index contributed by atoms with van der Waals surface area (Å²) in [5.74, 6) is 0.905. The molecule has 1 saturated heterocycles. The fraction of sp³-hybridized carbons (Fsp3) is 0.667. The number of phenolic OH excluding ortho intramolecular Hbond substituents is 1. The summed E-state index contributed by atoms with van der Waals surface area (Å²) in [6.45, 7) is 6.49. The van der Waals surface area contributed by atoms with Crippen LogP contribution < -0.4 is 4.74 Å². The van der Waals surface area contributed by atoms with E-state index in [9.17, 15) is 5.11 Å². The quantitative estimate of drug-likeness (QED) is 0.845. The highest BCUT2D eigenvalue weighted by molar-refractivity contribution is 5.42. The van der Waals surface area contributed by atoms with Crippen LogP contribution in [0.25, 0.3) is 0 Å². The van der Waals surface area contributed by atoms with Gasteiger partial charge in [-0.1, -0.05) is 39.7 Å². The van der Waals surface area contributed by atoms with Crippen molar-refractivity contribution in [3.05, 3.63) is 23.8 Å². The average molecular weight is 308 g/mol. The average Bonchev–Trinajstić information content (AvgIpc) is 2.51. The molecule has 1 aliphatic heterocycles. The number of rotatable bonds is 6. The predicted molar refractivity (Wildman–Crippen MR) is 86.1 cm³/mol. The molecule has 0 bridgehead atoms. The summed E-state index contributed by atoms with van der Waals surface area (Å²) in [5, 5.41) is 9.78. The Bertz CT molecular complexity index is 474. The van der Waals surface area contributed by atoms with Crippen molar-refractivity contribution in [3.8, 4) is 11.5 Å². The summed E-state index contributed by atoms with van der Waals surface area (Å²) in [6, 6.07) is 5.45. The Balaban J connectivity index is 2.25. The van der Waals surface area contributed by atoms with Gasteiger partial charge in [-0.3, -0.25) is 0 Å². The monoisotopic (exact) mass is 308 g/mol. The molecule has 1 aromatic carbocycles. The van der Waals surface area contributed by atoms with Crippen molar-refractivity contribution in [2.24, 2.45) is 5.92 Å². The summed E-state index contributed by atoms with van der Waals surface area (Å²) in [4.78, 5) is 0. The Hall–Kier alpha value is -1.26. The Morgan fingerprint density at radius 3 is 2.50 bits per heavy atom. The zero-order chi connectivity index (χ0) is 16.1. The van der Waals surface area contributed by atoms with Crippen LogP contribution >= 0.6 is 0 Å². The third kappa shape index (κ3) is 3.73. The lowest BCUT2D eigenvalue weighted by Crippen LogP contribution is -2.40. The van der Waals surface area contributed by atoms with Gasteiger partial charge in [-0.25, -0.2) is 0 Å². The molecule has 1 N–H and O–H groups in total. The van der Waals surface area contributed by atoms with E-state index in [4.69, 9.17) is 14.2 Å². The summed E-state index contributed by atoms with van der Waals surface area (Å²) in [6.07, 6.45) is 4.09. The first kappa shape index (κ1) is 17.1. The van der Waals surface area contributed by atoms with Crippen LogP contribution in [-0.4, -0.2) is 24.6 Å². The van der Waals surface area contributed by atoms with Crippen LogP contribution in [0, 0.1) is 5.92 Å². The van der Waals surface area contributed by atoms with Gasteiger partial charge in [-0.05, 0) is 30.5 Å².